The second-order valence-corrected chi connectivity index (χ2v) is 2.65. The molecular formula is C6H12ClN. The van der Waals surface area contributed by atoms with Gasteiger partial charge in [-0.25, -0.2) is 0 Å². The number of hydrogen-bond acceptors (Lipinski definition) is 0. The van der Waals surface area contributed by atoms with Gasteiger partial charge < -0.3 is 16.9 Å². The van der Waals surface area contributed by atoms with Crippen LogP contribution in [0.3, 0.4) is 0 Å². The summed E-state index contributed by atoms with van der Waals surface area (Å²) in [5.41, 5.74) is 0. The first kappa shape index (κ1) is 10.7. The molecule has 0 unspecified atom stereocenters. The summed E-state index contributed by atoms with van der Waals surface area (Å²) in [4.78, 5) is 0. The molecule has 0 saturated heterocycles. The summed E-state index contributed by atoms with van der Waals surface area (Å²) in [5, 5.41) is 0. The predicted molar refractivity (Wildman–Crippen MR) is 31.7 cm³/mol. The molecule has 0 aliphatic rings. The Kier molecular flexibility index (Phi) is 5.05. The highest BCUT2D eigenvalue weighted by molar-refractivity contribution is 4.82. The fourth-order valence-electron chi connectivity index (χ4n) is 0.274. The molecule has 0 aromatic carbocycles. The molecular weight excluding hydrogens is 122 g/mol. The zero-order valence-corrected chi connectivity index (χ0v) is 6.37. The third kappa shape index (κ3) is 9.26. The van der Waals surface area contributed by atoms with E-state index in [0.717, 1.165) is 11.0 Å². The number of nitrogens with zero attached hydrogens (tertiary/aromatic N) is 1. The molecule has 0 aromatic rings. The molecule has 0 bridgehead atoms. The van der Waals surface area contributed by atoms with E-state index in [-0.39, 0.29) is 12.4 Å². The van der Waals surface area contributed by atoms with Crippen molar-refractivity contribution in [2.45, 2.75) is 0 Å². The van der Waals surface area contributed by atoms with E-state index in [0.29, 0.717) is 0 Å². The van der Waals surface area contributed by atoms with Crippen LogP contribution in [-0.2, 0) is 0 Å². The van der Waals surface area contributed by atoms with Crippen LogP contribution in [-0.4, -0.2) is 32.2 Å². The molecule has 0 amide bonds. The van der Waals surface area contributed by atoms with Gasteiger partial charge in [0.05, 0.1) is 21.1 Å². The summed E-state index contributed by atoms with van der Waals surface area (Å²) >= 11 is 0. The van der Waals surface area contributed by atoms with Crippen molar-refractivity contribution in [2.24, 2.45) is 0 Å². The summed E-state index contributed by atoms with van der Waals surface area (Å²) in [6.07, 6.45) is 5.05. The molecule has 0 heterocycles. The lowest BCUT2D eigenvalue weighted by Crippen LogP contribution is -3.00. The Labute approximate surface area is 57.7 Å². The van der Waals surface area contributed by atoms with Gasteiger partial charge in [0.2, 0.25) is 0 Å². The van der Waals surface area contributed by atoms with Gasteiger partial charge in [0.15, 0.2) is 0 Å². The second kappa shape index (κ2) is 3.77. The molecule has 0 aliphatic heterocycles. The predicted octanol–water partition coefficient (Wildman–Crippen LogP) is -2.67. The lowest BCUT2D eigenvalue weighted by atomic mass is 10.5. The normalized spacial score (nSPS) is 9.25. The van der Waals surface area contributed by atoms with Gasteiger partial charge in [-0.15, -0.1) is 6.42 Å². The fourth-order valence-corrected chi connectivity index (χ4v) is 0.274. The molecule has 0 radical (unpaired) electrons. The molecule has 0 aliphatic carbocycles. The van der Waals surface area contributed by atoms with Gasteiger partial charge in [0.25, 0.3) is 0 Å². The number of halogens is 1. The van der Waals surface area contributed by atoms with Gasteiger partial charge in [-0.2, -0.15) is 0 Å². The second-order valence-electron chi connectivity index (χ2n) is 2.65. The van der Waals surface area contributed by atoms with Gasteiger partial charge in [0, 0.05) is 0 Å². The van der Waals surface area contributed by atoms with E-state index in [1.165, 1.54) is 0 Å². The maximum atomic E-state index is 5.05. The quantitative estimate of drug-likeness (QED) is 0.271. The van der Waals surface area contributed by atoms with Crippen LogP contribution in [0.15, 0.2) is 0 Å². The monoisotopic (exact) mass is 133 g/mol. The molecule has 0 saturated carbocycles. The zero-order valence-electron chi connectivity index (χ0n) is 5.61. The Morgan fingerprint density at radius 2 is 1.75 bits per heavy atom. The highest BCUT2D eigenvalue weighted by atomic mass is 35.5. The van der Waals surface area contributed by atoms with Crippen LogP contribution in [0.1, 0.15) is 0 Å². The summed E-state index contributed by atoms with van der Waals surface area (Å²) in [5.74, 6) is 2.58. The third-order valence-corrected chi connectivity index (χ3v) is 0.566. The van der Waals surface area contributed by atoms with Crippen LogP contribution in [0.25, 0.3) is 0 Å². The van der Waals surface area contributed by atoms with Crippen molar-refractivity contribution in [2.75, 3.05) is 27.7 Å². The fraction of sp³-hybridized carbons (Fsp3) is 0.667. The summed E-state index contributed by atoms with van der Waals surface area (Å²) < 4.78 is 0.858. The van der Waals surface area contributed by atoms with E-state index >= 15 is 0 Å². The van der Waals surface area contributed by atoms with Crippen LogP contribution in [0.5, 0.6) is 0 Å². The largest absolute Gasteiger partial charge is 1.00 e. The standard InChI is InChI=1S/C6H12N.ClH/c1-5-6-7(2,3)4;/h1H,6H2,2-4H3;1H/q+1;/p-1. The average molecular weight is 134 g/mol. The van der Waals surface area contributed by atoms with Crippen LogP contribution in [0.4, 0.5) is 0 Å². The van der Waals surface area contributed by atoms with E-state index < -0.39 is 0 Å². The first-order chi connectivity index (χ1) is 3.06. The molecule has 0 fully saturated rings. The molecule has 0 N–H and O–H groups in total. The Bertz CT molecular complexity index is 85.7. The zero-order chi connectivity index (χ0) is 5.91. The van der Waals surface area contributed by atoms with Crippen LogP contribution in [0, 0.1) is 12.3 Å². The van der Waals surface area contributed by atoms with Crippen molar-refractivity contribution in [3.05, 3.63) is 0 Å². The van der Waals surface area contributed by atoms with Gasteiger partial charge in [0.1, 0.15) is 6.54 Å². The molecule has 2 heteroatoms. The summed E-state index contributed by atoms with van der Waals surface area (Å²) in [6, 6.07) is 0. The van der Waals surface area contributed by atoms with Crippen molar-refractivity contribution in [3.63, 3.8) is 0 Å². The third-order valence-electron chi connectivity index (χ3n) is 0.566. The van der Waals surface area contributed by atoms with Gasteiger partial charge in [-0.05, 0) is 5.92 Å². The maximum absolute atomic E-state index is 5.05. The highest BCUT2D eigenvalue weighted by Crippen LogP contribution is 1.84. The van der Waals surface area contributed by atoms with Crippen molar-refractivity contribution >= 4 is 0 Å². The molecule has 0 spiro atoms. The lowest BCUT2D eigenvalue weighted by Gasteiger charge is -2.19. The molecule has 1 nitrogen and oxygen atoms in total. The van der Waals surface area contributed by atoms with Crippen LogP contribution < -0.4 is 12.4 Å². The van der Waals surface area contributed by atoms with Crippen molar-refractivity contribution in [1.82, 2.24) is 0 Å². The Morgan fingerprint density at radius 1 is 1.38 bits per heavy atom. The molecule has 48 valence electrons. The van der Waals surface area contributed by atoms with Gasteiger partial charge in [-0.3, -0.25) is 0 Å². The van der Waals surface area contributed by atoms with Gasteiger partial charge >= 0.3 is 0 Å². The molecule has 0 aromatic heterocycles. The minimum atomic E-state index is 0. The van der Waals surface area contributed by atoms with Gasteiger partial charge in [-0.1, -0.05) is 0 Å². The Morgan fingerprint density at radius 3 is 1.75 bits per heavy atom. The van der Waals surface area contributed by atoms with Crippen LogP contribution >= 0.6 is 0 Å². The Hall–Kier alpha value is -0.190. The van der Waals surface area contributed by atoms with Crippen molar-refractivity contribution in [3.8, 4) is 12.3 Å². The van der Waals surface area contributed by atoms with E-state index in [9.17, 15) is 0 Å². The van der Waals surface area contributed by atoms with E-state index in [1.807, 2.05) is 0 Å². The minimum absolute atomic E-state index is 0. The van der Waals surface area contributed by atoms with Crippen LogP contribution in [0.2, 0.25) is 0 Å². The number of rotatable bonds is 1. The van der Waals surface area contributed by atoms with E-state index in [1.54, 1.807) is 0 Å². The minimum Gasteiger partial charge on any atom is -1.00 e. The van der Waals surface area contributed by atoms with E-state index in [4.69, 9.17) is 6.42 Å². The Balaban J connectivity index is 0. The number of hydrogen-bond donors (Lipinski definition) is 0. The summed E-state index contributed by atoms with van der Waals surface area (Å²) in [6.45, 7) is 0.806. The van der Waals surface area contributed by atoms with E-state index in [2.05, 4.69) is 27.1 Å². The number of terminal acetylenes is 1. The first-order valence-corrected chi connectivity index (χ1v) is 2.30. The molecule has 8 heavy (non-hydrogen) atoms. The first-order valence-electron chi connectivity index (χ1n) is 2.30. The molecule has 0 atom stereocenters. The average Bonchev–Trinajstić information content (AvgIpc) is 1.30. The number of quaternary nitrogens is 1. The summed E-state index contributed by atoms with van der Waals surface area (Å²) in [7, 11) is 6.21. The smallest absolute Gasteiger partial charge is 0.140 e. The lowest BCUT2D eigenvalue weighted by molar-refractivity contribution is -0.862. The highest BCUT2D eigenvalue weighted by Gasteiger charge is 2.00. The maximum Gasteiger partial charge on any atom is 0.140 e. The van der Waals surface area contributed by atoms with Crippen molar-refractivity contribution in [1.29, 1.82) is 0 Å². The van der Waals surface area contributed by atoms with Crippen molar-refractivity contribution < 1.29 is 16.9 Å². The SMILES string of the molecule is C#CC[N+](C)(C)C.[Cl-]. The molecule has 0 rings (SSSR count). The topological polar surface area (TPSA) is 0 Å².